The molecular weight excluding hydrogens is 370 g/mol. The van der Waals surface area contributed by atoms with Gasteiger partial charge in [-0.3, -0.25) is 9.48 Å². The lowest BCUT2D eigenvalue weighted by molar-refractivity contribution is -0.127. The number of ether oxygens (including phenoxy) is 1. The third kappa shape index (κ3) is 3.38. The molecule has 29 heavy (non-hydrogen) atoms. The maximum atomic E-state index is 12.1. The van der Waals surface area contributed by atoms with Gasteiger partial charge in [-0.2, -0.15) is 10.2 Å². The van der Waals surface area contributed by atoms with Crippen LogP contribution in [0.15, 0.2) is 37.3 Å². The van der Waals surface area contributed by atoms with Crippen molar-refractivity contribution in [3.05, 3.63) is 48.6 Å². The average molecular weight is 393 g/mol. The first kappa shape index (κ1) is 17.9. The van der Waals surface area contributed by atoms with Crippen LogP contribution in [0.4, 0.5) is 11.5 Å². The molecule has 5 rings (SSSR count). The van der Waals surface area contributed by atoms with Crippen molar-refractivity contribution in [3.63, 3.8) is 0 Å². The highest BCUT2D eigenvalue weighted by Gasteiger charge is 2.25. The fourth-order valence-corrected chi connectivity index (χ4v) is 4.13. The van der Waals surface area contributed by atoms with E-state index in [4.69, 9.17) is 4.74 Å². The molecule has 0 saturated carbocycles. The summed E-state index contributed by atoms with van der Waals surface area (Å²) in [6.45, 7) is 7.08. The number of carbonyl (C=O) groups is 1. The maximum Gasteiger partial charge on any atom is 0.245 e. The molecule has 9 nitrogen and oxygen atoms in total. The van der Waals surface area contributed by atoms with Gasteiger partial charge in [0, 0.05) is 31.3 Å². The van der Waals surface area contributed by atoms with Crippen LogP contribution in [0.1, 0.15) is 30.0 Å². The van der Waals surface area contributed by atoms with Crippen molar-refractivity contribution in [3.8, 4) is 0 Å². The number of piperidine rings is 1. The van der Waals surface area contributed by atoms with E-state index in [9.17, 15) is 4.79 Å². The molecule has 5 heterocycles. The predicted octanol–water partition coefficient (Wildman–Crippen LogP) is 2.09. The zero-order chi connectivity index (χ0) is 19.8. The van der Waals surface area contributed by atoms with Gasteiger partial charge in [0.2, 0.25) is 5.91 Å². The van der Waals surface area contributed by atoms with Crippen molar-refractivity contribution in [2.45, 2.75) is 31.9 Å². The van der Waals surface area contributed by atoms with E-state index in [1.807, 2.05) is 21.8 Å². The zero-order valence-corrected chi connectivity index (χ0v) is 16.1. The predicted molar refractivity (Wildman–Crippen MR) is 107 cm³/mol. The molecule has 0 aliphatic carbocycles. The Morgan fingerprint density at radius 2 is 2.28 bits per heavy atom. The quantitative estimate of drug-likeness (QED) is 0.683. The zero-order valence-electron chi connectivity index (χ0n) is 16.1. The Hall–Kier alpha value is -3.20. The lowest BCUT2D eigenvalue weighted by Crippen LogP contribution is -2.38. The van der Waals surface area contributed by atoms with Crippen molar-refractivity contribution >= 4 is 23.1 Å². The third-order valence-electron chi connectivity index (χ3n) is 5.60. The molecule has 9 heteroatoms. The number of nitrogens with one attached hydrogen (secondary N) is 1. The molecule has 1 N–H and O–H groups in total. The Morgan fingerprint density at radius 1 is 1.34 bits per heavy atom. The summed E-state index contributed by atoms with van der Waals surface area (Å²) in [7, 11) is 0. The Labute approximate surface area is 168 Å². The maximum absolute atomic E-state index is 12.1. The number of likely N-dealkylation sites (tertiary alicyclic amines) is 1. The van der Waals surface area contributed by atoms with E-state index < -0.39 is 0 Å². The summed E-state index contributed by atoms with van der Waals surface area (Å²) >= 11 is 0. The van der Waals surface area contributed by atoms with Gasteiger partial charge >= 0.3 is 0 Å². The van der Waals surface area contributed by atoms with Crippen LogP contribution in [-0.4, -0.2) is 54.9 Å². The van der Waals surface area contributed by atoms with Gasteiger partial charge in [0.25, 0.3) is 0 Å². The first-order chi connectivity index (χ1) is 14.2. The number of fused-ring (bicyclic) bond motifs is 2. The van der Waals surface area contributed by atoms with Gasteiger partial charge in [-0.15, -0.1) is 0 Å². The number of rotatable bonds is 4. The Kier molecular flexibility index (Phi) is 4.51. The molecule has 1 fully saturated rings. The van der Waals surface area contributed by atoms with Crippen LogP contribution in [-0.2, 0) is 22.7 Å². The topological polar surface area (TPSA) is 89.6 Å². The first-order valence-corrected chi connectivity index (χ1v) is 9.87. The lowest BCUT2D eigenvalue weighted by atomic mass is 9.91. The number of pyridine rings is 1. The standard InChI is InChI=1S/C20H23N7O2/c1-2-19(28)25-5-3-4-14(10-25)15-8-17(20-21-13-22-27(20)11-15)23-18-9-16-12-29-7-6-26(16)24-18/h2,8-9,11,13-14H,1,3-7,10,12H2,(H,23,24)/t14-/m0/s1. The number of aromatic nitrogens is 5. The summed E-state index contributed by atoms with van der Waals surface area (Å²) in [4.78, 5) is 18.3. The van der Waals surface area contributed by atoms with Crippen LogP contribution >= 0.6 is 0 Å². The minimum absolute atomic E-state index is 0.0132. The molecule has 1 amide bonds. The molecule has 150 valence electrons. The molecule has 0 unspecified atom stereocenters. The number of amides is 1. The van der Waals surface area contributed by atoms with E-state index >= 15 is 0 Å². The minimum Gasteiger partial charge on any atom is -0.373 e. The van der Waals surface area contributed by atoms with Crippen molar-refractivity contribution < 1.29 is 9.53 Å². The number of nitrogens with zero attached hydrogens (tertiary/aromatic N) is 6. The second kappa shape index (κ2) is 7.32. The highest BCUT2D eigenvalue weighted by Crippen LogP contribution is 2.31. The van der Waals surface area contributed by atoms with E-state index in [-0.39, 0.29) is 11.8 Å². The molecular formula is C20H23N7O2. The molecule has 0 radical (unpaired) electrons. The summed E-state index contributed by atoms with van der Waals surface area (Å²) < 4.78 is 9.25. The smallest absolute Gasteiger partial charge is 0.245 e. The number of carbonyl (C=O) groups excluding carboxylic acids is 1. The fourth-order valence-electron chi connectivity index (χ4n) is 4.13. The van der Waals surface area contributed by atoms with E-state index in [0.29, 0.717) is 19.8 Å². The van der Waals surface area contributed by atoms with Gasteiger partial charge in [0.1, 0.15) is 6.33 Å². The molecule has 2 aliphatic rings. The van der Waals surface area contributed by atoms with Gasteiger partial charge in [-0.1, -0.05) is 6.58 Å². The average Bonchev–Trinajstić information content (AvgIpc) is 3.39. The molecule has 0 aromatic carbocycles. The second-order valence-corrected chi connectivity index (χ2v) is 7.46. The van der Waals surface area contributed by atoms with Crippen LogP contribution in [0.3, 0.4) is 0 Å². The largest absolute Gasteiger partial charge is 0.373 e. The van der Waals surface area contributed by atoms with Crippen molar-refractivity contribution in [1.29, 1.82) is 0 Å². The first-order valence-electron chi connectivity index (χ1n) is 9.87. The summed E-state index contributed by atoms with van der Waals surface area (Å²) in [5.41, 5.74) is 3.77. The fraction of sp³-hybridized carbons (Fsp3) is 0.400. The SMILES string of the molecule is C=CC(=O)N1CCC[C@H](c2cc(Nc3cc4n(n3)CCOC4)c3ncnn3c2)C1. The molecule has 0 bridgehead atoms. The van der Waals surface area contributed by atoms with E-state index in [0.717, 1.165) is 54.3 Å². The Balaban J connectivity index is 1.46. The van der Waals surface area contributed by atoms with Crippen LogP contribution in [0.25, 0.3) is 5.65 Å². The van der Waals surface area contributed by atoms with Crippen molar-refractivity contribution in [1.82, 2.24) is 29.3 Å². The second-order valence-electron chi connectivity index (χ2n) is 7.46. The van der Waals surface area contributed by atoms with Crippen LogP contribution < -0.4 is 5.32 Å². The van der Waals surface area contributed by atoms with Crippen LogP contribution in [0, 0.1) is 0 Å². The molecule has 3 aromatic heterocycles. The molecule has 1 atom stereocenters. The van der Waals surface area contributed by atoms with Crippen molar-refractivity contribution in [2.24, 2.45) is 0 Å². The number of hydrogen-bond acceptors (Lipinski definition) is 6. The van der Waals surface area contributed by atoms with Gasteiger partial charge in [-0.05, 0) is 30.5 Å². The van der Waals surface area contributed by atoms with E-state index in [2.05, 4.69) is 33.1 Å². The van der Waals surface area contributed by atoms with Crippen molar-refractivity contribution in [2.75, 3.05) is 25.0 Å². The van der Waals surface area contributed by atoms with Gasteiger partial charge in [-0.25, -0.2) is 9.50 Å². The number of hydrogen-bond donors (Lipinski definition) is 1. The van der Waals surface area contributed by atoms with Crippen LogP contribution in [0.5, 0.6) is 0 Å². The third-order valence-corrected chi connectivity index (χ3v) is 5.60. The summed E-state index contributed by atoms with van der Waals surface area (Å²) in [5, 5.41) is 12.4. The molecule has 0 spiro atoms. The Morgan fingerprint density at radius 3 is 3.14 bits per heavy atom. The monoisotopic (exact) mass is 393 g/mol. The summed E-state index contributed by atoms with van der Waals surface area (Å²) in [5.74, 6) is 0.991. The van der Waals surface area contributed by atoms with Gasteiger partial charge in [0.15, 0.2) is 11.5 Å². The molecule has 1 saturated heterocycles. The highest BCUT2D eigenvalue weighted by atomic mass is 16.5. The molecule has 3 aromatic rings. The Bertz CT molecular complexity index is 1050. The number of anilines is 2. The molecule has 2 aliphatic heterocycles. The van der Waals surface area contributed by atoms with Crippen LogP contribution in [0.2, 0.25) is 0 Å². The normalized spacial score (nSPS) is 19.2. The highest BCUT2D eigenvalue weighted by molar-refractivity contribution is 5.87. The van der Waals surface area contributed by atoms with Gasteiger partial charge in [0.05, 0.1) is 31.1 Å². The van der Waals surface area contributed by atoms with Gasteiger partial charge < -0.3 is 15.0 Å². The van der Waals surface area contributed by atoms with E-state index in [1.54, 1.807) is 10.8 Å². The minimum atomic E-state index is -0.0132. The summed E-state index contributed by atoms with van der Waals surface area (Å²) in [6, 6.07) is 4.11. The lowest BCUT2D eigenvalue weighted by Gasteiger charge is -2.32. The summed E-state index contributed by atoms with van der Waals surface area (Å²) in [6.07, 6.45) is 6.93. The van der Waals surface area contributed by atoms with E-state index in [1.165, 1.54) is 6.08 Å².